The van der Waals surface area contributed by atoms with E-state index in [1.54, 1.807) is 6.08 Å². The quantitative estimate of drug-likeness (QED) is 0.867. The zero-order chi connectivity index (χ0) is 14.8. The Balaban J connectivity index is 1.87. The number of carboxylic acids is 1. The Labute approximate surface area is 125 Å². The molecular weight excluding hydrogens is 264 g/mol. The summed E-state index contributed by atoms with van der Waals surface area (Å²) in [6, 6.07) is 9.19. The highest BCUT2D eigenvalue weighted by Gasteiger charge is 2.34. The van der Waals surface area contributed by atoms with Crippen molar-refractivity contribution in [2.75, 3.05) is 24.5 Å². The summed E-state index contributed by atoms with van der Waals surface area (Å²) in [5.74, 6) is -0.904. The summed E-state index contributed by atoms with van der Waals surface area (Å²) >= 11 is 0. The van der Waals surface area contributed by atoms with E-state index in [-0.39, 0.29) is 0 Å². The fraction of sp³-hybridized carbons (Fsp3) is 0.471. The lowest BCUT2D eigenvalue weighted by molar-refractivity contribution is -0.131. The van der Waals surface area contributed by atoms with Crippen LogP contribution in [0.3, 0.4) is 0 Å². The molecule has 1 N–H and O–H groups in total. The molecule has 4 nitrogen and oxygen atoms in total. The maximum absolute atomic E-state index is 10.8. The molecule has 0 aromatic heterocycles. The molecule has 1 aromatic rings. The number of para-hydroxylation sites is 1. The molecule has 2 heterocycles. The van der Waals surface area contributed by atoms with Crippen LogP contribution in [-0.4, -0.2) is 47.7 Å². The first kappa shape index (κ1) is 14.1. The van der Waals surface area contributed by atoms with Crippen molar-refractivity contribution in [1.29, 1.82) is 0 Å². The Hall–Kier alpha value is -1.81. The van der Waals surface area contributed by atoms with Gasteiger partial charge < -0.3 is 10.0 Å². The van der Waals surface area contributed by atoms with Crippen LogP contribution in [0.1, 0.15) is 25.3 Å². The van der Waals surface area contributed by atoms with Gasteiger partial charge in [-0.2, -0.15) is 0 Å². The Morgan fingerprint density at radius 2 is 2.14 bits per heavy atom. The lowest BCUT2D eigenvalue weighted by Crippen LogP contribution is -2.55. The fourth-order valence-corrected chi connectivity index (χ4v) is 3.57. The second-order valence-corrected chi connectivity index (χ2v) is 6.02. The van der Waals surface area contributed by atoms with E-state index in [9.17, 15) is 4.79 Å². The number of hydrogen-bond acceptors (Lipinski definition) is 3. The zero-order valence-electron chi connectivity index (χ0n) is 12.4. The van der Waals surface area contributed by atoms with Gasteiger partial charge in [0.2, 0.25) is 0 Å². The van der Waals surface area contributed by atoms with E-state index >= 15 is 0 Å². The number of anilines is 1. The SMILES string of the molecule is CC1CN2CCCC2CN1c1ccccc1/C=C/C(=O)O. The molecule has 4 heteroatoms. The van der Waals surface area contributed by atoms with Crippen LogP contribution in [-0.2, 0) is 4.79 Å². The number of carbonyl (C=O) groups is 1. The average Bonchev–Trinajstić information content (AvgIpc) is 2.91. The van der Waals surface area contributed by atoms with E-state index < -0.39 is 5.97 Å². The number of carboxylic acid groups (broad SMARTS) is 1. The molecule has 2 atom stereocenters. The number of fused-ring (bicyclic) bond motifs is 1. The Kier molecular flexibility index (Phi) is 3.97. The maximum atomic E-state index is 10.8. The van der Waals surface area contributed by atoms with Crippen molar-refractivity contribution >= 4 is 17.7 Å². The van der Waals surface area contributed by atoms with Crippen LogP contribution in [0.2, 0.25) is 0 Å². The number of nitrogens with zero attached hydrogens (tertiary/aromatic N) is 2. The van der Waals surface area contributed by atoms with Crippen LogP contribution in [0.15, 0.2) is 30.3 Å². The number of benzene rings is 1. The third kappa shape index (κ3) is 2.95. The molecule has 0 saturated carbocycles. The molecule has 2 fully saturated rings. The van der Waals surface area contributed by atoms with Gasteiger partial charge in [-0.1, -0.05) is 18.2 Å². The van der Waals surface area contributed by atoms with Gasteiger partial charge in [-0.15, -0.1) is 0 Å². The number of piperazine rings is 1. The predicted octanol–water partition coefficient (Wildman–Crippen LogP) is 2.46. The molecule has 2 aliphatic heterocycles. The van der Waals surface area contributed by atoms with Gasteiger partial charge in [0.05, 0.1) is 0 Å². The molecule has 0 bridgehead atoms. The highest BCUT2D eigenvalue weighted by molar-refractivity contribution is 5.87. The molecule has 2 saturated heterocycles. The predicted molar refractivity (Wildman–Crippen MR) is 84.5 cm³/mol. The molecule has 112 valence electrons. The van der Waals surface area contributed by atoms with Crippen molar-refractivity contribution in [1.82, 2.24) is 4.90 Å². The van der Waals surface area contributed by atoms with Gasteiger partial charge in [0, 0.05) is 36.9 Å². The number of aliphatic carboxylic acids is 1. The van der Waals surface area contributed by atoms with E-state index in [1.807, 2.05) is 18.2 Å². The van der Waals surface area contributed by atoms with Gasteiger partial charge in [0.25, 0.3) is 0 Å². The topological polar surface area (TPSA) is 43.8 Å². The van der Waals surface area contributed by atoms with Crippen LogP contribution < -0.4 is 4.90 Å². The highest BCUT2D eigenvalue weighted by Crippen LogP contribution is 2.31. The summed E-state index contributed by atoms with van der Waals surface area (Å²) in [6.45, 7) is 5.62. The minimum absolute atomic E-state index is 0.457. The second-order valence-electron chi connectivity index (χ2n) is 6.02. The second kappa shape index (κ2) is 5.90. The molecule has 2 aliphatic rings. The molecule has 21 heavy (non-hydrogen) atoms. The van der Waals surface area contributed by atoms with E-state index in [2.05, 4.69) is 22.8 Å². The summed E-state index contributed by atoms with van der Waals surface area (Å²) in [4.78, 5) is 15.8. The zero-order valence-corrected chi connectivity index (χ0v) is 12.4. The Morgan fingerprint density at radius 1 is 1.33 bits per heavy atom. The molecule has 1 aromatic carbocycles. The highest BCUT2D eigenvalue weighted by atomic mass is 16.4. The van der Waals surface area contributed by atoms with Crippen molar-refractivity contribution in [3.63, 3.8) is 0 Å². The van der Waals surface area contributed by atoms with Crippen LogP contribution in [0.25, 0.3) is 6.08 Å². The van der Waals surface area contributed by atoms with Crippen LogP contribution in [0.5, 0.6) is 0 Å². The van der Waals surface area contributed by atoms with Gasteiger partial charge >= 0.3 is 5.97 Å². The third-order valence-electron chi connectivity index (χ3n) is 4.59. The normalized spacial score (nSPS) is 26.2. The lowest BCUT2D eigenvalue weighted by atomic mass is 10.0. The van der Waals surface area contributed by atoms with Crippen LogP contribution >= 0.6 is 0 Å². The van der Waals surface area contributed by atoms with Crippen molar-refractivity contribution in [2.45, 2.75) is 31.8 Å². The van der Waals surface area contributed by atoms with Crippen molar-refractivity contribution in [3.05, 3.63) is 35.9 Å². The first-order valence-electron chi connectivity index (χ1n) is 7.66. The maximum Gasteiger partial charge on any atom is 0.328 e. The van der Waals surface area contributed by atoms with Crippen molar-refractivity contribution in [2.24, 2.45) is 0 Å². The van der Waals surface area contributed by atoms with Gasteiger partial charge in [-0.05, 0) is 44.0 Å². The lowest BCUT2D eigenvalue weighted by Gasteiger charge is -2.44. The van der Waals surface area contributed by atoms with E-state index in [1.165, 1.54) is 25.5 Å². The summed E-state index contributed by atoms with van der Waals surface area (Å²) < 4.78 is 0. The van der Waals surface area contributed by atoms with Crippen molar-refractivity contribution < 1.29 is 9.90 Å². The molecule has 0 amide bonds. The molecule has 3 rings (SSSR count). The standard InChI is InChI=1S/C17H22N2O2/c1-13-11-18-10-4-6-15(18)12-19(13)16-7-3-2-5-14(16)8-9-17(20)21/h2-3,5,7-9,13,15H,4,6,10-12H2,1H3,(H,20,21)/b9-8+. The van der Waals surface area contributed by atoms with Crippen molar-refractivity contribution in [3.8, 4) is 0 Å². The van der Waals surface area contributed by atoms with E-state index in [4.69, 9.17) is 5.11 Å². The molecular formula is C17H22N2O2. The average molecular weight is 286 g/mol. The largest absolute Gasteiger partial charge is 0.478 e. The minimum Gasteiger partial charge on any atom is -0.478 e. The number of hydrogen-bond donors (Lipinski definition) is 1. The molecule has 2 unspecified atom stereocenters. The van der Waals surface area contributed by atoms with Gasteiger partial charge in [0.1, 0.15) is 0 Å². The monoisotopic (exact) mass is 286 g/mol. The first-order chi connectivity index (χ1) is 10.1. The third-order valence-corrected chi connectivity index (χ3v) is 4.59. The Bertz CT molecular complexity index is 555. The van der Waals surface area contributed by atoms with Gasteiger partial charge in [0.15, 0.2) is 0 Å². The summed E-state index contributed by atoms with van der Waals surface area (Å²) in [5.41, 5.74) is 2.13. The van der Waals surface area contributed by atoms with Crippen LogP contribution in [0, 0.1) is 0 Å². The van der Waals surface area contributed by atoms with E-state index in [0.717, 1.165) is 24.3 Å². The smallest absolute Gasteiger partial charge is 0.328 e. The summed E-state index contributed by atoms with van der Waals surface area (Å²) in [7, 11) is 0. The fourth-order valence-electron chi connectivity index (χ4n) is 3.57. The van der Waals surface area contributed by atoms with Gasteiger partial charge in [-0.3, -0.25) is 4.90 Å². The molecule has 0 spiro atoms. The van der Waals surface area contributed by atoms with Gasteiger partial charge in [-0.25, -0.2) is 4.79 Å². The Morgan fingerprint density at radius 3 is 2.95 bits per heavy atom. The summed E-state index contributed by atoms with van der Waals surface area (Å²) in [5, 5.41) is 8.84. The van der Waals surface area contributed by atoms with Crippen LogP contribution in [0.4, 0.5) is 5.69 Å². The van der Waals surface area contributed by atoms with E-state index in [0.29, 0.717) is 12.1 Å². The molecule has 0 aliphatic carbocycles. The summed E-state index contributed by atoms with van der Waals surface area (Å²) in [6.07, 6.45) is 5.49. The molecule has 0 radical (unpaired) electrons. The minimum atomic E-state index is -0.904. The first-order valence-corrected chi connectivity index (χ1v) is 7.66. The number of rotatable bonds is 3.